The monoisotopic (exact) mass is 443 g/mol. The van der Waals surface area contributed by atoms with E-state index in [4.69, 9.17) is 11.6 Å². The van der Waals surface area contributed by atoms with Gasteiger partial charge in [-0.3, -0.25) is 9.78 Å². The first-order chi connectivity index (χ1) is 15.6. The van der Waals surface area contributed by atoms with Crippen molar-refractivity contribution in [1.82, 2.24) is 35.1 Å². The number of carbonyl (C=O) groups excluding carboxylic acids is 1. The third kappa shape index (κ3) is 3.83. The van der Waals surface area contributed by atoms with E-state index in [2.05, 4.69) is 25.7 Å². The second kappa shape index (κ2) is 8.24. The molecule has 0 aliphatic carbocycles. The molecule has 3 heterocycles. The third-order valence-electron chi connectivity index (χ3n) is 5.12. The minimum atomic E-state index is -0.296. The molecule has 0 spiro atoms. The van der Waals surface area contributed by atoms with Gasteiger partial charge in [0, 0.05) is 34.9 Å². The minimum Gasteiger partial charge on any atom is -0.346 e. The summed E-state index contributed by atoms with van der Waals surface area (Å²) in [5.74, 6) is -0.296. The summed E-state index contributed by atoms with van der Waals surface area (Å²) in [6.45, 7) is 2.14. The van der Waals surface area contributed by atoms with Crippen LogP contribution in [0.3, 0.4) is 0 Å². The number of pyridine rings is 1. The van der Waals surface area contributed by atoms with Gasteiger partial charge in [0.05, 0.1) is 28.8 Å². The van der Waals surface area contributed by atoms with Crippen LogP contribution >= 0.6 is 11.6 Å². The number of hydrogen-bond donors (Lipinski definition) is 1. The number of carbonyl (C=O) groups is 1. The van der Waals surface area contributed by atoms with E-state index in [9.17, 15) is 4.79 Å². The molecule has 3 aromatic heterocycles. The second-order valence-electron chi connectivity index (χ2n) is 7.27. The van der Waals surface area contributed by atoms with Crippen LogP contribution in [-0.4, -0.2) is 35.7 Å². The van der Waals surface area contributed by atoms with Crippen LogP contribution in [0.1, 0.15) is 21.7 Å². The number of hydrogen-bond acceptors (Lipinski definition) is 5. The zero-order valence-corrected chi connectivity index (χ0v) is 17.9. The summed E-state index contributed by atoms with van der Waals surface area (Å²) in [4.78, 5) is 17.1. The van der Waals surface area contributed by atoms with E-state index in [-0.39, 0.29) is 11.6 Å². The molecule has 1 amide bonds. The van der Waals surface area contributed by atoms with Gasteiger partial charge in [-0.2, -0.15) is 5.10 Å². The fourth-order valence-electron chi connectivity index (χ4n) is 3.43. The molecule has 158 valence electrons. The maximum Gasteiger partial charge on any atom is 0.274 e. The van der Waals surface area contributed by atoms with Gasteiger partial charge < -0.3 is 5.32 Å². The Kier molecular flexibility index (Phi) is 5.12. The number of aromatic nitrogens is 6. The summed E-state index contributed by atoms with van der Waals surface area (Å²) in [6.07, 6.45) is 5.32. The highest BCUT2D eigenvalue weighted by Gasteiger charge is 2.17. The van der Waals surface area contributed by atoms with Crippen LogP contribution in [0, 0.1) is 6.92 Å². The van der Waals surface area contributed by atoms with Crippen LogP contribution in [0.5, 0.6) is 0 Å². The van der Waals surface area contributed by atoms with Crippen molar-refractivity contribution >= 4 is 28.4 Å². The first-order valence-electron chi connectivity index (χ1n) is 9.93. The molecular weight excluding hydrogens is 426 g/mol. The average molecular weight is 444 g/mol. The normalized spacial score (nSPS) is 11.1. The Morgan fingerprint density at radius 2 is 1.91 bits per heavy atom. The molecule has 0 aliphatic rings. The van der Waals surface area contributed by atoms with Gasteiger partial charge in [0.15, 0.2) is 5.69 Å². The van der Waals surface area contributed by atoms with Crippen LogP contribution in [0.15, 0.2) is 73.2 Å². The molecule has 2 aromatic carbocycles. The number of halogens is 1. The lowest BCUT2D eigenvalue weighted by Gasteiger charge is -2.06. The molecule has 1 N–H and O–H groups in total. The van der Waals surface area contributed by atoms with E-state index in [0.29, 0.717) is 17.3 Å². The maximum atomic E-state index is 12.7. The van der Waals surface area contributed by atoms with Gasteiger partial charge in [-0.05, 0) is 55.5 Å². The maximum absolute atomic E-state index is 12.7. The van der Waals surface area contributed by atoms with Gasteiger partial charge in [-0.25, -0.2) is 9.36 Å². The molecule has 0 aliphatic heterocycles. The number of nitrogens with zero attached hydrogens (tertiary/aromatic N) is 6. The molecule has 0 saturated carbocycles. The minimum absolute atomic E-state index is 0.279. The largest absolute Gasteiger partial charge is 0.346 e. The fraction of sp³-hybridized carbons (Fsp3) is 0.0870. The molecule has 8 nitrogen and oxygen atoms in total. The molecule has 0 fully saturated rings. The smallest absolute Gasteiger partial charge is 0.274 e. The molecule has 32 heavy (non-hydrogen) atoms. The van der Waals surface area contributed by atoms with Crippen LogP contribution in [0.4, 0.5) is 0 Å². The Morgan fingerprint density at radius 1 is 1.09 bits per heavy atom. The summed E-state index contributed by atoms with van der Waals surface area (Å²) in [6, 6.07) is 17.0. The molecule has 9 heteroatoms. The van der Waals surface area contributed by atoms with Crippen molar-refractivity contribution in [3.8, 4) is 11.4 Å². The van der Waals surface area contributed by atoms with E-state index in [1.165, 1.54) is 0 Å². The molecular formula is C23H18ClN7O. The molecule has 0 saturated heterocycles. The molecule has 0 atom stereocenters. The van der Waals surface area contributed by atoms with Crippen molar-refractivity contribution in [2.45, 2.75) is 13.5 Å². The number of benzene rings is 2. The number of amides is 1. The summed E-state index contributed by atoms with van der Waals surface area (Å²) < 4.78 is 3.38. The van der Waals surface area contributed by atoms with Crippen molar-refractivity contribution in [2.24, 2.45) is 0 Å². The van der Waals surface area contributed by atoms with Crippen molar-refractivity contribution in [1.29, 1.82) is 0 Å². The molecule has 5 aromatic rings. The van der Waals surface area contributed by atoms with Crippen molar-refractivity contribution < 1.29 is 4.79 Å². The van der Waals surface area contributed by atoms with Crippen LogP contribution in [0.2, 0.25) is 5.02 Å². The number of fused-ring (bicyclic) bond motifs is 1. The Labute approximate surface area is 188 Å². The van der Waals surface area contributed by atoms with Crippen molar-refractivity contribution in [3.63, 3.8) is 0 Å². The topological polar surface area (TPSA) is 90.5 Å². The highest BCUT2D eigenvalue weighted by Crippen LogP contribution is 2.18. The Morgan fingerprint density at radius 3 is 2.75 bits per heavy atom. The Hall–Kier alpha value is -4.04. The summed E-state index contributed by atoms with van der Waals surface area (Å²) >= 11 is 5.93. The SMILES string of the molecule is Cc1c(C(=O)NCc2cnn(-c3ccc(Cl)cc3)c2)nnn1-c1ccc2ncccc2c1. The highest BCUT2D eigenvalue weighted by molar-refractivity contribution is 6.30. The Bertz CT molecular complexity index is 1420. The fourth-order valence-corrected chi connectivity index (χ4v) is 3.56. The number of rotatable bonds is 5. The van der Waals surface area contributed by atoms with Gasteiger partial charge in [-0.15, -0.1) is 5.10 Å². The third-order valence-corrected chi connectivity index (χ3v) is 5.37. The van der Waals surface area contributed by atoms with Crippen LogP contribution < -0.4 is 5.32 Å². The van der Waals surface area contributed by atoms with Crippen molar-refractivity contribution in [2.75, 3.05) is 0 Å². The summed E-state index contributed by atoms with van der Waals surface area (Å²) in [5, 5.41) is 17.2. The summed E-state index contributed by atoms with van der Waals surface area (Å²) in [5.41, 5.74) is 4.39. The van der Waals surface area contributed by atoms with Gasteiger partial charge in [0.25, 0.3) is 5.91 Å². The highest BCUT2D eigenvalue weighted by atomic mass is 35.5. The zero-order valence-electron chi connectivity index (χ0n) is 17.1. The van der Waals surface area contributed by atoms with Crippen molar-refractivity contribution in [3.05, 3.63) is 95.2 Å². The number of nitrogens with one attached hydrogen (secondary N) is 1. The Balaban J connectivity index is 1.30. The predicted molar refractivity (Wildman–Crippen MR) is 121 cm³/mol. The summed E-state index contributed by atoms with van der Waals surface area (Å²) in [7, 11) is 0. The van der Waals surface area contributed by atoms with E-state index in [0.717, 1.165) is 27.8 Å². The van der Waals surface area contributed by atoms with E-state index < -0.39 is 0 Å². The van der Waals surface area contributed by atoms with Gasteiger partial charge in [0.2, 0.25) is 0 Å². The average Bonchev–Trinajstić information content (AvgIpc) is 3.44. The lowest BCUT2D eigenvalue weighted by atomic mass is 10.2. The molecule has 5 rings (SSSR count). The van der Waals surface area contributed by atoms with E-state index in [1.807, 2.05) is 55.6 Å². The zero-order chi connectivity index (χ0) is 22.1. The molecule has 0 bridgehead atoms. The predicted octanol–water partition coefficient (Wildman–Crippen LogP) is 3.89. The van der Waals surface area contributed by atoms with Gasteiger partial charge in [-0.1, -0.05) is 22.9 Å². The van der Waals surface area contributed by atoms with Gasteiger partial charge >= 0.3 is 0 Å². The van der Waals surface area contributed by atoms with Gasteiger partial charge in [0.1, 0.15) is 0 Å². The standard InChI is InChI=1S/C23H18ClN7O/c1-15-22(28-29-31(15)20-8-9-21-17(11-20)3-2-10-25-21)23(32)26-12-16-13-27-30(14-16)19-6-4-18(24)5-7-19/h2-11,13-14H,12H2,1H3,(H,26,32). The molecule has 0 radical (unpaired) electrons. The lowest BCUT2D eigenvalue weighted by molar-refractivity contribution is 0.0945. The lowest BCUT2D eigenvalue weighted by Crippen LogP contribution is -2.24. The van der Waals surface area contributed by atoms with Crippen LogP contribution in [-0.2, 0) is 6.54 Å². The second-order valence-corrected chi connectivity index (χ2v) is 7.70. The van der Waals surface area contributed by atoms with E-state index in [1.54, 1.807) is 33.9 Å². The first kappa shape index (κ1) is 19.9. The first-order valence-corrected chi connectivity index (χ1v) is 10.3. The van der Waals surface area contributed by atoms with Crippen LogP contribution in [0.25, 0.3) is 22.3 Å². The van der Waals surface area contributed by atoms with E-state index >= 15 is 0 Å². The molecule has 0 unspecified atom stereocenters. The quantitative estimate of drug-likeness (QED) is 0.445.